The Balaban J connectivity index is 3.69. The van der Waals surface area contributed by atoms with E-state index in [-0.39, 0.29) is 5.91 Å². The molecule has 1 N–H and O–H groups in total. The maximum atomic E-state index is 10.8. The summed E-state index contributed by atoms with van der Waals surface area (Å²) in [6.07, 6.45) is 0. The third-order valence-corrected chi connectivity index (χ3v) is 1.11. The zero-order valence-electron chi connectivity index (χ0n) is 6.64. The van der Waals surface area contributed by atoms with E-state index in [2.05, 4.69) is 17.2 Å². The van der Waals surface area contributed by atoms with E-state index >= 15 is 0 Å². The number of nitrogens with zero attached hydrogens (tertiary/aromatic N) is 1. The van der Waals surface area contributed by atoms with Gasteiger partial charge in [-0.3, -0.25) is 4.79 Å². The lowest BCUT2D eigenvalue weighted by Gasteiger charge is -2.00. The number of nitriles is 1. The number of hydrogen-bond acceptors (Lipinski definition) is 2. The van der Waals surface area contributed by atoms with Crippen molar-refractivity contribution in [3.8, 4) is 17.9 Å². The molecule has 0 aliphatic heterocycles. The Morgan fingerprint density at radius 3 is 2.82 bits per heavy atom. The van der Waals surface area contributed by atoms with Crippen molar-refractivity contribution in [3.05, 3.63) is 0 Å². The van der Waals surface area contributed by atoms with Crippen LogP contribution in [-0.4, -0.2) is 12.5 Å². The molecule has 0 aromatic heterocycles. The van der Waals surface area contributed by atoms with Gasteiger partial charge in [-0.1, -0.05) is 5.92 Å². The van der Waals surface area contributed by atoms with Gasteiger partial charge in [-0.2, -0.15) is 5.26 Å². The molecule has 0 fully saturated rings. The number of rotatable bonds is 2. The van der Waals surface area contributed by atoms with Crippen LogP contribution in [0, 0.1) is 29.1 Å². The predicted octanol–water partition coefficient (Wildman–Crippen LogP) is 0.286. The third-order valence-electron chi connectivity index (χ3n) is 1.11. The van der Waals surface area contributed by atoms with Crippen molar-refractivity contribution in [2.75, 3.05) is 6.54 Å². The summed E-state index contributed by atoms with van der Waals surface area (Å²) in [6.45, 7) is 3.57. The molecule has 0 aliphatic rings. The van der Waals surface area contributed by atoms with Crippen LogP contribution in [0.15, 0.2) is 0 Å². The van der Waals surface area contributed by atoms with Crippen LogP contribution in [0.2, 0.25) is 0 Å². The second-order valence-electron chi connectivity index (χ2n) is 2.00. The summed E-state index contributed by atoms with van der Waals surface area (Å²) >= 11 is 0. The molecule has 0 bridgehead atoms. The smallest absolute Gasteiger partial charge is 0.237 e. The topological polar surface area (TPSA) is 52.9 Å². The number of nitrogens with one attached hydrogen (secondary N) is 1. The Morgan fingerprint density at radius 1 is 1.73 bits per heavy atom. The first-order valence-corrected chi connectivity index (χ1v) is 3.29. The molecule has 0 saturated carbocycles. The van der Waals surface area contributed by atoms with Gasteiger partial charge in [0.15, 0.2) is 0 Å². The van der Waals surface area contributed by atoms with Gasteiger partial charge in [0.1, 0.15) is 5.92 Å². The normalized spacial score (nSPS) is 10.3. The average molecular weight is 150 g/mol. The maximum absolute atomic E-state index is 10.8. The van der Waals surface area contributed by atoms with Crippen molar-refractivity contribution in [1.82, 2.24) is 5.32 Å². The number of carbonyl (C=O) groups is 1. The van der Waals surface area contributed by atoms with E-state index in [1.54, 1.807) is 13.8 Å². The molecule has 1 amide bonds. The number of carbonyl (C=O) groups excluding carboxylic acids is 1. The Morgan fingerprint density at radius 2 is 2.36 bits per heavy atom. The molecule has 58 valence electrons. The van der Waals surface area contributed by atoms with Crippen molar-refractivity contribution < 1.29 is 4.79 Å². The van der Waals surface area contributed by atoms with E-state index in [4.69, 9.17) is 5.26 Å². The van der Waals surface area contributed by atoms with E-state index in [0.29, 0.717) is 6.54 Å². The van der Waals surface area contributed by atoms with E-state index < -0.39 is 5.92 Å². The van der Waals surface area contributed by atoms with Crippen molar-refractivity contribution in [1.29, 1.82) is 5.26 Å². The van der Waals surface area contributed by atoms with Crippen molar-refractivity contribution in [2.45, 2.75) is 13.8 Å². The van der Waals surface area contributed by atoms with Gasteiger partial charge in [-0.25, -0.2) is 0 Å². The van der Waals surface area contributed by atoms with Crippen LogP contribution in [0.4, 0.5) is 0 Å². The molecule has 3 nitrogen and oxygen atoms in total. The number of amides is 1. The Hall–Kier alpha value is -1.48. The first-order valence-electron chi connectivity index (χ1n) is 3.29. The highest BCUT2D eigenvalue weighted by Crippen LogP contribution is 1.89. The van der Waals surface area contributed by atoms with Gasteiger partial charge >= 0.3 is 0 Å². The first kappa shape index (κ1) is 9.52. The summed E-state index contributed by atoms with van der Waals surface area (Å²) < 4.78 is 0. The van der Waals surface area contributed by atoms with Crippen LogP contribution in [-0.2, 0) is 4.79 Å². The fourth-order valence-electron chi connectivity index (χ4n) is 0.431. The minimum atomic E-state index is -0.589. The summed E-state index contributed by atoms with van der Waals surface area (Å²) in [7, 11) is 0. The van der Waals surface area contributed by atoms with Gasteiger partial charge in [0.25, 0.3) is 0 Å². The lowest BCUT2D eigenvalue weighted by molar-refractivity contribution is -0.122. The van der Waals surface area contributed by atoms with Crippen LogP contribution in [0.25, 0.3) is 0 Å². The Bertz CT molecular complexity index is 229. The SMILES string of the molecule is CC#CCNC(=O)C(C)C#N. The van der Waals surface area contributed by atoms with E-state index in [1.807, 2.05) is 6.07 Å². The van der Waals surface area contributed by atoms with Crippen LogP contribution in [0.5, 0.6) is 0 Å². The quantitative estimate of drug-likeness (QED) is 0.575. The van der Waals surface area contributed by atoms with Gasteiger partial charge in [-0.05, 0) is 13.8 Å². The zero-order valence-corrected chi connectivity index (χ0v) is 6.64. The molecule has 0 radical (unpaired) electrons. The molecule has 0 aliphatic carbocycles. The van der Waals surface area contributed by atoms with Crippen LogP contribution in [0.3, 0.4) is 0 Å². The number of hydrogen-bond donors (Lipinski definition) is 1. The lowest BCUT2D eigenvalue weighted by atomic mass is 10.2. The average Bonchev–Trinajstić information content (AvgIpc) is 2.03. The van der Waals surface area contributed by atoms with Crippen molar-refractivity contribution >= 4 is 5.91 Å². The molecule has 0 heterocycles. The van der Waals surface area contributed by atoms with Crippen molar-refractivity contribution in [2.24, 2.45) is 5.92 Å². The van der Waals surface area contributed by atoms with Crippen LogP contribution < -0.4 is 5.32 Å². The summed E-state index contributed by atoms with van der Waals surface area (Å²) in [6, 6.07) is 1.83. The molecule has 0 aromatic rings. The van der Waals surface area contributed by atoms with Gasteiger partial charge in [-0.15, -0.1) is 5.92 Å². The molecule has 3 heteroatoms. The highest BCUT2D eigenvalue weighted by molar-refractivity contribution is 5.80. The zero-order chi connectivity index (χ0) is 8.69. The van der Waals surface area contributed by atoms with Crippen LogP contribution in [0.1, 0.15) is 13.8 Å². The van der Waals surface area contributed by atoms with E-state index in [0.717, 1.165) is 0 Å². The summed E-state index contributed by atoms with van der Waals surface area (Å²) in [4.78, 5) is 10.8. The molecule has 0 aromatic carbocycles. The largest absolute Gasteiger partial charge is 0.344 e. The fraction of sp³-hybridized carbons (Fsp3) is 0.500. The minimum absolute atomic E-state index is 0.268. The molecule has 0 rings (SSSR count). The van der Waals surface area contributed by atoms with E-state index in [1.165, 1.54) is 0 Å². The fourth-order valence-corrected chi connectivity index (χ4v) is 0.431. The third kappa shape index (κ3) is 4.00. The van der Waals surface area contributed by atoms with Gasteiger partial charge in [0, 0.05) is 0 Å². The minimum Gasteiger partial charge on any atom is -0.344 e. The standard InChI is InChI=1S/C8H10N2O/c1-3-4-5-10-8(11)7(2)6-9/h7H,5H2,1-2H3,(H,10,11). The van der Waals surface area contributed by atoms with Gasteiger partial charge < -0.3 is 5.32 Å². The highest BCUT2D eigenvalue weighted by atomic mass is 16.1. The van der Waals surface area contributed by atoms with Gasteiger partial charge in [0.05, 0.1) is 12.6 Å². The van der Waals surface area contributed by atoms with Gasteiger partial charge in [0.2, 0.25) is 5.91 Å². The summed E-state index contributed by atoms with van der Waals surface area (Å²) in [5.74, 6) is 4.44. The Labute approximate surface area is 66.4 Å². The monoisotopic (exact) mass is 150 g/mol. The van der Waals surface area contributed by atoms with E-state index in [9.17, 15) is 4.79 Å². The van der Waals surface area contributed by atoms with Crippen molar-refractivity contribution in [3.63, 3.8) is 0 Å². The highest BCUT2D eigenvalue weighted by Gasteiger charge is 2.08. The lowest BCUT2D eigenvalue weighted by Crippen LogP contribution is -2.28. The first-order chi connectivity index (χ1) is 5.22. The maximum Gasteiger partial charge on any atom is 0.237 e. The van der Waals surface area contributed by atoms with Crippen LogP contribution >= 0.6 is 0 Å². The molecular formula is C8H10N2O. The second kappa shape index (κ2) is 5.32. The summed E-state index contributed by atoms with van der Waals surface area (Å²) in [5.41, 5.74) is 0. The molecule has 0 spiro atoms. The molecule has 1 unspecified atom stereocenters. The molecule has 11 heavy (non-hydrogen) atoms. The molecular weight excluding hydrogens is 140 g/mol. The predicted molar refractivity (Wildman–Crippen MR) is 41.2 cm³/mol. The Kier molecular flexibility index (Phi) is 4.60. The molecule has 0 saturated heterocycles. The summed E-state index contributed by atoms with van der Waals surface area (Å²) in [5, 5.41) is 10.8. The molecule has 1 atom stereocenters. The second-order valence-corrected chi connectivity index (χ2v) is 2.00.